The van der Waals surface area contributed by atoms with Crippen molar-refractivity contribution in [3.63, 3.8) is 0 Å². The van der Waals surface area contributed by atoms with Crippen molar-refractivity contribution in [1.29, 1.82) is 0 Å². The molecular weight excluding hydrogens is 751 g/mol. The SMILES string of the molecule is CC1(C)c2ccccc2-c2cc3c4cc(-c5ccccn5)[c-]cc4n(-c4ccccc4)c3cc21.[Ir].[c-]1ccccc1-c1ccccn1. The Kier molecular flexibility index (Phi) is 8.15. The van der Waals surface area contributed by atoms with Gasteiger partial charge in [0.05, 0.1) is 0 Å². The molecule has 0 N–H and O–H groups in total. The third kappa shape index (κ3) is 5.40. The van der Waals surface area contributed by atoms with Crippen molar-refractivity contribution in [1.82, 2.24) is 14.5 Å². The largest absolute Gasteiger partial charge is 0.351 e. The molecule has 0 bridgehead atoms. The third-order valence-electron chi connectivity index (χ3n) is 9.01. The van der Waals surface area contributed by atoms with Crippen LogP contribution >= 0.6 is 0 Å². The fourth-order valence-electron chi connectivity index (χ4n) is 6.75. The second-order valence-corrected chi connectivity index (χ2v) is 12.1. The molecule has 0 atom stereocenters. The maximum Gasteiger partial charge on any atom is 0.0439 e. The van der Waals surface area contributed by atoms with Crippen LogP contribution in [0.4, 0.5) is 0 Å². The van der Waals surface area contributed by atoms with Crippen LogP contribution in [0, 0.1) is 12.1 Å². The molecule has 229 valence electrons. The molecule has 9 rings (SSSR count). The molecule has 0 saturated heterocycles. The van der Waals surface area contributed by atoms with Gasteiger partial charge in [0.2, 0.25) is 0 Å². The molecule has 47 heavy (non-hydrogen) atoms. The summed E-state index contributed by atoms with van der Waals surface area (Å²) in [7, 11) is 0. The number of benzene rings is 5. The van der Waals surface area contributed by atoms with Crippen LogP contribution in [0.15, 0.2) is 152 Å². The first-order chi connectivity index (χ1) is 22.6. The van der Waals surface area contributed by atoms with Crippen molar-refractivity contribution in [2.24, 2.45) is 0 Å². The van der Waals surface area contributed by atoms with Gasteiger partial charge in [-0.3, -0.25) is 0 Å². The van der Waals surface area contributed by atoms with Crippen molar-refractivity contribution in [3.05, 3.63) is 175 Å². The molecule has 4 heteroatoms. The minimum Gasteiger partial charge on any atom is -0.351 e. The van der Waals surface area contributed by atoms with Crippen LogP contribution in [0.3, 0.4) is 0 Å². The number of nitrogens with zero attached hydrogens (tertiary/aromatic N) is 3. The molecular formula is C43H31IrN3-2. The Balaban J connectivity index is 0.000000228. The van der Waals surface area contributed by atoms with Gasteiger partial charge in [-0.25, -0.2) is 0 Å². The number of fused-ring (bicyclic) bond motifs is 6. The molecule has 0 spiro atoms. The summed E-state index contributed by atoms with van der Waals surface area (Å²) in [6.07, 6.45) is 3.63. The number of pyridine rings is 2. The van der Waals surface area contributed by atoms with Crippen molar-refractivity contribution >= 4 is 21.8 Å². The van der Waals surface area contributed by atoms with E-state index in [2.05, 4.69) is 119 Å². The van der Waals surface area contributed by atoms with E-state index in [0.717, 1.165) is 33.7 Å². The fraction of sp³-hybridized carbons (Fsp3) is 0.0698. The van der Waals surface area contributed by atoms with E-state index in [1.807, 2.05) is 66.9 Å². The summed E-state index contributed by atoms with van der Waals surface area (Å²) in [5.74, 6) is 0. The van der Waals surface area contributed by atoms with Crippen molar-refractivity contribution in [3.8, 4) is 39.3 Å². The zero-order chi connectivity index (χ0) is 31.1. The Bertz CT molecular complexity index is 2270. The van der Waals surface area contributed by atoms with Gasteiger partial charge in [0.25, 0.3) is 0 Å². The molecule has 0 unspecified atom stereocenters. The number of aromatic nitrogens is 3. The van der Waals surface area contributed by atoms with E-state index in [4.69, 9.17) is 0 Å². The van der Waals surface area contributed by atoms with Gasteiger partial charge in [-0.2, -0.15) is 0 Å². The first-order valence-corrected chi connectivity index (χ1v) is 15.6. The third-order valence-corrected chi connectivity index (χ3v) is 9.01. The van der Waals surface area contributed by atoms with Crippen molar-refractivity contribution in [2.45, 2.75) is 19.3 Å². The predicted molar refractivity (Wildman–Crippen MR) is 189 cm³/mol. The van der Waals surface area contributed by atoms with Crippen molar-refractivity contribution < 1.29 is 20.1 Å². The summed E-state index contributed by atoms with van der Waals surface area (Å²) in [5.41, 5.74) is 13.0. The fourth-order valence-corrected chi connectivity index (χ4v) is 6.75. The van der Waals surface area contributed by atoms with Gasteiger partial charge >= 0.3 is 0 Å². The Labute approximate surface area is 289 Å². The first-order valence-electron chi connectivity index (χ1n) is 15.6. The maximum absolute atomic E-state index is 4.57. The molecule has 0 fully saturated rings. The average molecular weight is 782 g/mol. The summed E-state index contributed by atoms with van der Waals surface area (Å²) in [6, 6.07) is 55.0. The van der Waals surface area contributed by atoms with Crippen LogP contribution in [0.1, 0.15) is 25.0 Å². The molecule has 1 aliphatic carbocycles. The number of hydrogen-bond acceptors (Lipinski definition) is 2. The van der Waals surface area contributed by atoms with Crippen LogP contribution in [-0.2, 0) is 25.5 Å². The Morgan fingerprint density at radius 3 is 1.91 bits per heavy atom. The minimum absolute atomic E-state index is 0. The minimum atomic E-state index is -0.0384. The maximum atomic E-state index is 4.57. The Morgan fingerprint density at radius 2 is 1.21 bits per heavy atom. The molecule has 3 aromatic heterocycles. The monoisotopic (exact) mass is 782 g/mol. The predicted octanol–water partition coefficient (Wildman–Crippen LogP) is 10.5. The molecule has 5 aromatic carbocycles. The molecule has 0 amide bonds. The van der Waals surface area contributed by atoms with E-state index < -0.39 is 0 Å². The van der Waals surface area contributed by atoms with E-state index in [0.29, 0.717) is 0 Å². The van der Waals surface area contributed by atoms with Crippen LogP contribution in [-0.4, -0.2) is 14.5 Å². The topological polar surface area (TPSA) is 30.7 Å². The smallest absolute Gasteiger partial charge is 0.0439 e. The molecule has 3 nitrogen and oxygen atoms in total. The zero-order valence-electron chi connectivity index (χ0n) is 26.1. The first kappa shape index (κ1) is 30.5. The normalized spacial score (nSPS) is 12.5. The molecule has 3 heterocycles. The summed E-state index contributed by atoms with van der Waals surface area (Å²) in [5, 5.41) is 2.49. The summed E-state index contributed by atoms with van der Waals surface area (Å²) < 4.78 is 2.38. The molecule has 0 saturated carbocycles. The van der Waals surface area contributed by atoms with Crippen LogP contribution in [0.25, 0.3) is 61.1 Å². The Hall–Kier alpha value is -5.15. The summed E-state index contributed by atoms with van der Waals surface area (Å²) in [6.45, 7) is 4.68. The standard InChI is InChI=1S/C32H23N2.C11H8N.Ir/c1-32(2)27-13-7-6-12-23(27)24-19-26-25-18-21(29-14-8-9-17-33-29)15-16-30(25)34(31(26)20-28(24)32)22-10-4-3-5-11-22;1-2-6-10(7-3-1)11-8-4-5-9-12-11;/h3-14,16-20H,1-2H3;1-6,8-9H;/q2*-1;. The van der Waals surface area contributed by atoms with Gasteiger partial charge in [0, 0.05) is 49.1 Å². The summed E-state index contributed by atoms with van der Waals surface area (Å²) >= 11 is 0. The van der Waals surface area contributed by atoms with E-state index in [-0.39, 0.29) is 25.5 Å². The summed E-state index contributed by atoms with van der Waals surface area (Å²) in [4.78, 5) is 8.79. The van der Waals surface area contributed by atoms with E-state index in [1.54, 1.807) is 6.20 Å². The number of rotatable bonds is 3. The number of para-hydroxylation sites is 1. The van der Waals surface area contributed by atoms with Gasteiger partial charge in [-0.15, -0.1) is 59.7 Å². The van der Waals surface area contributed by atoms with Gasteiger partial charge in [0.1, 0.15) is 0 Å². The number of hydrogen-bond donors (Lipinski definition) is 0. The van der Waals surface area contributed by atoms with E-state index in [1.165, 1.54) is 38.5 Å². The second-order valence-electron chi connectivity index (χ2n) is 12.1. The molecule has 1 radical (unpaired) electrons. The zero-order valence-corrected chi connectivity index (χ0v) is 28.5. The van der Waals surface area contributed by atoms with E-state index >= 15 is 0 Å². The van der Waals surface area contributed by atoms with Gasteiger partial charge < -0.3 is 14.5 Å². The van der Waals surface area contributed by atoms with Crippen LogP contribution in [0.5, 0.6) is 0 Å². The molecule has 1 aliphatic rings. The molecule has 8 aromatic rings. The van der Waals surface area contributed by atoms with Crippen molar-refractivity contribution in [2.75, 3.05) is 0 Å². The van der Waals surface area contributed by atoms with E-state index in [9.17, 15) is 0 Å². The van der Waals surface area contributed by atoms with Crippen LogP contribution in [0.2, 0.25) is 0 Å². The van der Waals surface area contributed by atoms with Gasteiger partial charge in [0.15, 0.2) is 0 Å². The second kappa shape index (κ2) is 12.6. The van der Waals surface area contributed by atoms with Gasteiger partial charge in [-0.05, 0) is 80.9 Å². The van der Waals surface area contributed by atoms with Gasteiger partial charge in [-0.1, -0.05) is 86.0 Å². The quantitative estimate of drug-likeness (QED) is 0.167. The van der Waals surface area contributed by atoms with Crippen LogP contribution < -0.4 is 0 Å². The average Bonchev–Trinajstić information content (AvgIpc) is 3.57. The molecule has 0 aliphatic heterocycles. The Morgan fingerprint density at radius 1 is 0.553 bits per heavy atom.